The summed E-state index contributed by atoms with van der Waals surface area (Å²) in [5, 5.41) is 8.50. The van der Waals surface area contributed by atoms with Crippen LogP contribution in [0.5, 0.6) is 0 Å². The van der Waals surface area contributed by atoms with Gasteiger partial charge in [-0.25, -0.2) is 13.2 Å². The summed E-state index contributed by atoms with van der Waals surface area (Å²) >= 11 is 0. The number of hydrogen-bond donors (Lipinski definition) is 0. The van der Waals surface area contributed by atoms with E-state index in [2.05, 4.69) is 0 Å². The van der Waals surface area contributed by atoms with Gasteiger partial charge in [-0.3, -0.25) is 4.79 Å². The topological polar surface area (TPSA) is 117 Å². The van der Waals surface area contributed by atoms with Crippen molar-refractivity contribution in [3.8, 4) is 6.07 Å². The number of morpholine rings is 1. The normalized spacial score (nSPS) is 15.0. The van der Waals surface area contributed by atoms with E-state index in [1.807, 2.05) is 6.07 Å². The molecule has 1 heterocycles. The number of carbonyl (C=O) groups excluding carboxylic acids is 2. The zero-order chi connectivity index (χ0) is 19.9. The van der Waals surface area contributed by atoms with Gasteiger partial charge in [-0.2, -0.15) is 9.57 Å². The number of esters is 1. The molecule has 1 aromatic carbocycles. The Hall–Kier alpha value is -2.48. The fourth-order valence-corrected chi connectivity index (χ4v) is 3.77. The van der Waals surface area contributed by atoms with Gasteiger partial charge in [-0.1, -0.05) is 0 Å². The molecule has 0 N–H and O–H groups in total. The van der Waals surface area contributed by atoms with Crippen LogP contribution in [0.15, 0.2) is 29.2 Å². The molecule has 27 heavy (non-hydrogen) atoms. The van der Waals surface area contributed by atoms with E-state index in [0.717, 1.165) is 0 Å². The molecule has 0 bridgehead atoms. The van der Waals surface area contributed by atoms with Crippen molar-refractivity contribution >= 4 is 21.9 Å². The lowest BCUT2D eigenvalue weighted by Gasteiger charge is -2.26. The monoisotopic (exact) mass is 395 g/mol. The minimum Gasteiger partial charge on any atom is -0.452 e. The predicted octanol–water partition coefficient (Wildman–Crippen LogP) is 0.236. The minimum absolute atomic E-state index is 0.0771. The fraction of sp³-hybridized carbons (Fsp3) is 0.471. The van der Waals surface area contributed by atoms with Crippen LogP contribution in [0.4, 0.5) is 0 Å². The van der Waals surface area contributed by atoms with Gasteiger partial charge in [-0.05, 0) is 24.3 Å². The van der Waals surface area contributed by atoms with E-state index in [1.54, 1.807) is 0 Å². The number of rotatable bonds is 7. The summed E-state index contributed by atoms with van der Waals surface area (Å²) in [6, 6.07) is 7.29. The van der Waals surface area contributed by atoms with Crippen LogP contribution in [-0.4, -0.2) is 76.0 Å². The Balaban J connectivity index is 1.95. The van der Waals surface area contributed by atoms with Crippen molar-refractivity contribution in [2.75, 3.05) is 46.5 Å². The van der Waals surface area contributed by atoms with Gasteiger partial charge in [0.2, 0.25) is 10.0 Å². The molecular weight excluding hydrogens is 374 g/mol. The van der Waals surface area contributed by atoms with Crippen molar-refractivity contribution in [2.24, 2.45) is 0 Å². The number of nitrogens with zero attached hydrogens (tertiary/aromatic N) is 3. The summed E-state index contributed by atoms with van der Waals surface area (Å²) in [5.41, 5.74) is 0.142. The van der Waals surface area contributed by atoms with Gasteiger partial charge in [0.25, 0.3) is 5.91 Å². The van der Waals surface area contributed by atoms with Gasteiger partial charge < -0.3 is 14.4 Å². The van der Waals surface area contributed by atoms with Crippen molar-refractivity contribution in [3.63, 3.8) is 0 Å². The van der Waals surface area contributed by atoms with Crippen molar-refractivity contribution < 1.29 is 27.5 Å². The number of benzene rings is 1. The Labute approximate surface area is 158 Å². The first-order chi connectivity index (χ1) is 12.9. The highest BCUT2D eigenvalue weighted by molar-refractivity contribution is 7.89. The minimum atomic E-state index is -3.64. The third-order valence-corrected chi connectivity index (χ3v) is 5.92. The van der Waals surface area contributed by atoms with Crippen LogP contribution >= 0.6 is 0 Å². The SMILES string of the molecule is CN(CCC#N)C(=O)COC(=O)c1ccc(S(=O)(=O)N2CCOCC2)cc1. The largest absolute Gasteiger partial charge is 0.452 e. The zero-order valence-corrected chi connectivity index (χ0v) is 15.8. The molecule has 1 aliphatic rings. The summed E-state index contributed by atoms with van der Waals surface area (Å²) in [6.45, 7) is 1.07. The Kier molecular flexibility index (Phi) is 7.29. The second-order valence-electron chi connectivity index (χ2n) is 5.84. The Morgan fingerprint density at radius 3 is 2.48 bits per heavy atom. The van der Waals surface area contributed by atoms with E-state index in [9.17, 15) is 18.0 Å². The van der Waals surface area contributed by atoms with Crippen molar-refractivity contribution in [1.29, 1.82) is 5.26 Å². The maximum absolute atomic E-state index is 12.5. The molecule has 1 aliphatic heterocycles. The lowest BCUT2D eigenvalue weighted by atomic mass is 10.2. The quantitative estimate of drug-likeness (QED) is 0.607. The molecule has 0 radical (unpaired) electrons. The molecule has 9 nitrogen and oxygen atoms in total. The number of amides is 1. The predicted molar refractivity (Wildman–Crippen MR) is 94.2 cm³/mol. The maximum atomic E-state index is 12.5. The van der Waals surface area contributed by atoms with Gasteiger partial charge in [0, 0.05) is 26.7 Å². The Morgan fingerprint density at radius 1 is 1.26 bits per heavy atom. The number of ether oxygens (including phenoxy) is 2. The number of sulfonamides is 1. The second kappa shape index (κ2) is 9.45. The molecule has 1 saturated heterocycles. The lowest BCUT2D eigenvalue weighted by Crippen LogP contribution is -2.40. The fourth-order valence-electron chi connectivity index (χ4n) is 2.36. The molecule has 146 valence electrons. The highest BCUT2D eigenvalue weighted by Gasteiger charge is 2.26. The van der Waals surface area contributed by atoms with Gasteiger partial charge in [0.1, 0.15) is 0 Å². The standard InChI is InChI=1S/C17H21N3O6S/c1-19(8-2-7-18)16(21)13-26-17(22)14-3-5-15(6-4-14)27(23,24)20-9-11-25-12-10-20/h3-6H,2,8-13H2,1H3. The molecule has 0 aromatic heterocycles. The van der Waals surface area contributed by atoms with Gasteiger partial charge in [-0.15, -0.1) is 0 Å². The summed E-state index contributed by atoms with van der Waals surface area (Å²) in [7, 11) is -2.12. The summed E-state index contributed by atoms with van der Waals surface area (Å²) in [6.07, 6.45) is 0.190. The van der Waals surface area contributed by atoms with Crippen molar-refractivity contribution in [3.05, 3.63) is 29.8 Å². The number of hydrogen-bond acceptors (Lipinski definition) is 7. The average molecular weight is 395 g/mol. The van der Waals surface area contributed by atoms with E-state index >= 15 is 0 Å². The van der Waals surface area contributed by atoms with Gasteiger partial charge in [0.15, 0.2) is 6.61 Å². The van der Waals surface area contributed by atoms with Crippen LogP contribution in [-0.2, 0) is 24.3 Å². The smallest absolute Gasteiger partial charge is 0.338 e. The molecule has 1 aromatic rings. The van der Waals surface area contributed by atoms with Crippen LogP contribution in [0.25, 0.3) is 0 Å². The van der Waals surface area contributed by atoms with E-state index in [1.165, 1.54) is 40.5 Å². The molecule has 0 unspecified atom stereocenters. The second-order valence-corrected chi connectivity index (χ2v) is 7.78. The van der Waals surface area contributed by atoms with Crippen LogP contribution in [0.2, 0.25) is 0 Å². The van der Waals surface area contributed by atoms with Gasteiger partial charge in [0.05, 0.1) is 36.2 Å². The average Bonchev–Trinajstić information content (AvgIpc) is 2.70. The first kappa shape index (κ1) is 20.8. The molecule has 0 atom stereocenters. The Morgan fingerprint density at radius 2 is 1.89 bits per heavy atom. The highest BCUT2D eigenvalue weighted by atomic mass is 32.2. The van der Waals surface area contributed by atoms with E-state index < -0.39 is 28.5 Å². The van der Waals surface area contributed by atoms with Crippen LogP contribution in [0.1, 0.15) is 16.8 Å². The Bertz CT molecular complexity index is 810. The first-order valence-electron chi connectivity index (χ1n) is 8.32. The number of likely N-dealkylation sites (N-methyl/N-ethyl adjacent to an activating group) is 1. The van der Waals surface area contributed by atoms with Crippen LogP contribution in [0, 0.1) is 11.3 Å². The third kappa shape index (κ3) is 5.50. The molecule has 1 amide bonds. The lowest BCUT2D eigenvalue weighted by molar-refractivity contribution is -0.133. The third-order valence-electron chi connectivity index (χ3n) is 4.01. The van der Waals surface area contributed by atoms with Crippen LogP contribution < -0.4 is 0 Å². The maximum Gasteiger partial charge on any atom is 0.338 e. The van der Waals surface area contributed by atoms with E-state index in [4.69, 9.17) is 14.7 Å². The zero-order valence-electron chi connectivity index (χ0n) is 15.0. The number of carbonyl (C=O) groups is 2. The molecular formula is C17H21N3O6S. The molecule has 0 saturated carbocycles. The molecule has 2 rings (SSSR count). The summed E-state index contributed by atoms with van der Waals surface area (Å²) in [4.78, 5) is 25.2. The first-order valence-corrected chi connectivity index (χ1v) is 9.76. The highest BCUT2D eigenvalue weighted by Crippen LogP contribution is 2.18. The number of nitriles is 1. The summed E-state index contributed by atoms with van der Waals surface area (Å²) in [5.74, 6) is -1.16. The summed E-state index contributed by atoms with van der Waals surface area (Å²) < 4.78 is 36.5. The van der Waals surface area contributed by atoms with Crippen LogP contribution in [0.3, 0.4) is 0 Å². The molecule has 0 spiro atoms. The van der Waals surface area contributed by atoms with Crippen molar-refractivity contribution in [2.45, 2.75) is 11.3 Å². The van der Waals surface area contributed by atoms with Gasteiger partial charge >= 0.3 is 5.97 Å². The van der Waals surface area contributed by atoms with E-state index in [0.29, 0.717) is 13.2 Å². The van der Waals surface area contributed by atoms with E-state index in [-0.39, 0.29) is 36.5 Å². The molecule has 0 aliphatic carbocycles. The molecule has 10 heteroatoms. The molecule has 1 fully saturated rings. The van der Waals surface area contributed by atoms with Crippen molar-refractivity contribution in [1.82, 2.24) is 9.21 Å².